The van der Waals surface area contributed by atoms with Gasteiger partial charge in [-0.15, -0.1) is 0 Å². The zero-order valence-corrected chi connectivity index (χ0v) is 9.25. The van der Waals surface area contributed by atoms with Crippen molar-refractivity contribution >= 4 is 17.2 Å². The summed E-state index contributed by atoms with van der Waals surface area (Å²) in [4.78, 5) is 14.2. The maximum absolute atomic E-state index is 10.6. The first-order chi connectivity index (χ1) is 8.15. The first kappa shape index (κ1) is 11.1. The minimum absolute atomic E-state index is 0.0233. The maximum Gasteiger partial charge on any atom is 0.274 e. The molecule has 1 aromatic heterocycles. The Morgan fingerprint density at radius 3 is 2.82 bits per heavy atom. The van der Waals surface area contributed by atoms with Crippen molar-refractivity contribution in [3.05, 3.63) is 58.3 Å². The van der Waals surface area contributed by atoms with Crippen LogP contribution in [-0.2, 0) is 0 Å². The maximum atomic E-state index is 10.6. The first-order valence-electron chi connectivity index (χ1n) is 5.09. The lowest BCUT2D eigenvalue weighted by Crippen LogP contribution is -1.95. The molecule has 1 N–H and O–H groups in total. The zero-order chi connectivity index (χ0) is 12.3. The number of rotatable bonds is 3. The second-order valence-electron chi connectivity index (χ2n) is 3.65. The average Bonchev–Trinajstić information content (AvgIpc) is 2.29. The Morgan fingerprint density at radius 1 is 1.29 bits per heavy atom. The van der Waals surface area contributed by atoms with Gasteiger partial charge in [-0.1, -0.05) is 12.1 Å². The number of hydrogen-bond donors (Lipinski definition) is 1. The summed E-state index contributed by atoms with van der Waals surface area (Å²) < 4.78 is 0. The highest BCUT2D eigenvalue weighted by Gasteiger charge is 2.06. The molecule has 0 atom stereocenters. The van der Waals surface area contributed by atoms with E-state index in [-0.39, 0.29) is 5.69 Å². The second kappa shape index (κ2) is 4.61. The highest BCUT2D eigenvalue weighted by atomic mass is 16.6. The third-order valence-electron chi connectivity index (χ3n) is 2.24. The molecule has 1 aromatic carbocycles. The molecule has 0 unspecified atom stereocenters. The van der Waals surface area contributed by atoms with Crippen LogP contribution < -0.4 is 5.32 Å². The van der Waals surface area contributed by atoms with Gasteiger partial charge in [0.1, 0.15) is 5.82 Å². The summed E-state index contributed by atoms with van der Waals surface area (Å²) in [5, 5.41) is 13.6. The fraction of sp³-hybridized carbons (Fsp3) is 0.0833. The van der Waals surface area contributed by atoms with E-state index < -0.39 is 4.92 Å². The number of anilines is 2. The van der Waals surface area contributed by atoms with Crippen molar-refractivity contribution in [2.45, 2.75) is 6.92 Å². The van der Waals surface area contributed by atoms with Crippen LogP contribution in [0.3, 0.4) is 0 Å². The van der Waals surface area contributed by atoms with Crippen LogP contribution in [0.2, 0.25) is 0 Å². The van der Waals surface area contributed by atoms with E-state index in [4.69, 9.17) is 0 Å². The van der Waals surface area contributed by atoms with Crippen molar-refractivity contribution in [3.63, 3.8) is 0 Å². The van der Waals surface area contributed by atoms with Gasteiger partial charge in [-0.25, -0.2) is 4.98 Å². The number of nitrogens with zero attached hydrogens (tertiary/aromatic N) is 2. The molecule has 5 nitrogen and oxygen atoms in total. The van der Waals surface area contributed by atoms with E-state index in [0.29, 0.717) is 5.82 Å². The monoisotopic (exact) mass is 229 g/mol. The number of aromatic nitrogens is 1. The topological polar surface area (TPSA) is 68.1 Å². The van der Waals surface area contributed by atoms with Crippen LogP contribution in [0.15, 0.2) is 42.6 Å². The van der Waals surface area contributed by atoms with Crippen molar-refractivity contribution in [2.24, 2.45) is 0 Å². The van der Waals surface area contributed by atoms with Gasteiger partial charge in [0.25, 0.3) is 5.69 Å². The summed E-state index contributed by atoms with van der Waals surface area (Å²) >= 11 is 0. The van der Waals surface area contributed by atoms with E-state index >= 15 is 0 Å². The number of pyridine rings is 1. The van der Waals surface area contributed by atoms with E-state index in [0.717, 1.165) is 11.3 Å². The number of nitrogens with one attached hydrogen (secondary N) is 1. The molecule has 0 aliphatic carbocycles. The van der Waals surface area contributed by atoms with Gasteiger partial charge in [-0.05, 0) is 24.6 Å². The number of aryl methyl sites for hydroxylation is 1. The summed E-state index contributed by atoms with van der Waals surface area (Å²) in [7, 11) is 0. The van der Waals surface area contributed by atoms with Crippen molar-refractivity contribution in [1.82, 2.24) is 4.98 Å². The molecular weight excluding hydrogens is 218 g/mol. The van der Waals surface area contributed by atoms with E-state index in [9.17, 15) is 10.1 Å². The molecule has 86 valence electrons. The molecule has 0 aliphatic heterocycles. The van der Waals surface area contributed by atoms with Crippen LogP contribution in [-0.4, -0.2) is 9.91 Å². The number of benzene rings is 1. The molecule has 2 rings (SSSR count). The van der Waals surface area contributed by atoms with Gasteiger partial charge in [0.2, 0.25) is 0 Å². The lowest BCUT2D eigenvalue weighted by atomic mass is 10.2. The molecule has 0 amide bonds. The van der Waals surface area contributed by atoms with Gasteiger partial charge in [0.05, 0.1) is 11.0 Å². The number of nitro groups is 1. The van der Waals surface area contributed by atoms with Gasteiger partial charge in [0.15, 0.2) is 0 Å². The first-order valence-corrected chi connectivity index (χ1v) is 5.09. The molecule has 17 heavy (non-hydrogen) atoms. The summed E-state index contributed by atoms with van der Waals surface area (Å²) in [5.41, 5.74) is 1.99. The van der Waals surface area contributed by atoms with Crippen molar-refractivity contribution in [2.75, 3.05) is 5.32 Å². The van der Waals surface area contributed by atoms with E-state index in [1.165, 1.54) is 18.3 Å². The highest BCUT2D eigenvalue weighted by molar-refractivity contribution is 5.58. The third-order valence-corrected chi connectivity index (χ3v) is 2.24. The normalized spacial score (nSPS) is 9.94. The lowest BCUT2D eigenvalue weighted by molar-refractivity contribution is -0.384. The van der Waals surface area contributed by atoms with Gasteiger partial charge < -0.3 is 5.32 Å². The van der Waals surface area contributed by atoms with Gasteiger partial charge in [-0.2, -0.15) is 0 Å². The molecular formula is C12H11N3O2. The van der Waals surface area contributed by atoms with Gasteiger partial charge >= 0.3 is 0 Å². The van der Waals surface area contributed by atoms with Crippen LogP contribution >= 0.6 is 0 Å². The van der Waals surface area contributed by atoms with Crippen molar-refractivity contribution in [3.8, 4) is 0 Å². The van der Waals surface area contributed by atoms with Crippen molar-refractivity contribution < 1.29 is 4.92 Å². The van der Waals surface area contributed by atoms with Crippen LogP contribution in [0.4, 0.5) is 17.2 Å². The average molecular weight is 229 g/mol. The van der Waals surface area contributed by atoms with Crippen LogP contribution in [0.1, 0.15) is 5.56 Å². The predicted octanol–water partition coefficient (Wildman–Crippen LogP) is 3.04. The molecule has 0 saturated carbocycles. The molecule has 0 aliphatic rings. The molecule has 5 heteroatoms. The Bertz CT molecular complexity index is 555. The van der Waals surface area contributed by atoms with Crippen LogP contribution in [0.5, 0.6) is 0 Å². The Hall–Kier alpha value is -2.43. The summed E-state index contributed by atoms with van der Waals surface area (Å²) in [6, 6.07) is 10.5. The Labute approximate surface area is 98.3 Å². The van der Waals surface area contributed by atoms with Gasteiger partial charge in [-0.3, -0.25) is 10.1 Å². The quantitative estimate of drug-likeness (QED) is 0.648. The fourth-order valence-corrected chi connectivity index (χ4v) is 1.47. The largest absolute Gasteiger partial charge is 0.340 e. The smallest absolute Gasteiger partial charge is 0.274 e. The molecule has 0 bridgehead atoms. The highest BCUT2D eigenvalue weighted by Crippen LogP contribution is 2.19. The van der Waals surface area contributed by atoms with Crippen LogP contribution in [0, 0.1) is 17.0 Å². The van der Waals surface area contributed by atoms with Gasteiger partial charge in [0, 0.05) is 18.0 Å². The molecule has 1 heterocycles. The Morgan fingerprint density at radius 2 is 2.12 bits per heavy atom. The summed E-state index contributed by atoms with van der Waals surface area (Å²) in [5.74, 6) is 0.463. The lowest BCUT2D eigenvalue weighted by Gasteiger charge is -2.05. The van der Waals surface area contributed by atoms with E-state index in [2.05, 4.69) is 10.3 Å². The van der Waals surface area contributed by atoms with Crippen molar-refractivity contribution in [1.29, 1.82) is 0 Å². The predicted molar refractivity (Wildman–Crippen MR) is 65.4 cm³/mol. The minimum atomic E-state index is -0.441. The molecule has 0 spiro atoms. The van der Waals surface area contributed by atoms with E-state index in [1.807, 2.05) is 31.2 Å². The Balaban J connectivity index is 2.24. The molecule has 2 aromatic rings. The fourth-order valence-electron chi connectivity index (χ4n) is 1.47. The molecule has 0 fully saturated rings. The number of hydrogen-bond acceptors (Lipinski definition) is 4. The van der Waals surface area contributed by atoms with Crippen LogP contribution in [0.25, 0.3) is 0 Å². The SMILES string of the molecule is Cc1cccc(Nc2cc([N+](=O)[O-])ccn2)c1. The molecule has 0 radical (unpaired) electrons. The summed E-state index contributed by atoms with van der Waals surface area (Å²) in [6.07, 6.45) is 1.41. The zero-order valence-electron chi connectivity index (χ0n) is 9.25. The minimum Gasteiger partial charge on any atom is -0.340 e. The Kier molecular flexibility index (Phi) is 3.00. The standard InChI is InChI=1S/C12H11N3O2/c1-9-3-2-4-10(7-9)14-12-8-11(15(16)17)5-6-13-12/h2-8H,1H3,(H,13,14). The third kappa shape index (κ3) is 2.78. The second-order valence-corrected chi connectivity index (χ2v) is 3.65. The summed E-state index contributed by atoms with van der Waals surface area (Å²) in [6.45, 7) is 1.98. The molecule has 0 saturated heterocycles. The van der Waals surface area contributed by atoms with E-state index in [1.54, 1.807) is 0 Å².